The Labute approximate surface area is 348 Å². The number of phosphoric acid groups is 1. The van der Waals surface area contributed by atoms with Crippen molar-refractivity contribution in [3.8, 4) is 0 Å². The lowest BCUT2D eigenvalue weighted by molar-refractivity contribution is -0.147. The maximum absolute atomic E-state index is 12.3. The van der Waals surface area contributed by atoms with Crippen LogP contribution < -0.4 is 5.32 Å². The Morgan fingerprint density at radius 3 is 1.40 bits per heavy atom. The lowest BCUT2D eigenvalue weighted by Crippen LogP contribution is -2.43. The average Bonchev–Trinajstić information content (AvgIpc) is 3.20. The lowest BCUT2D eigenvalue weighted by atomic mass is 10.1. The Morgan fingerprint density at radius 1 is 0.552 bits per heavy atom. The molecule has 0 radical (unpaired) electrons. The molecule has 0 rings (SSSR count). The SMILES string of the molecule is CC/C=C\C/C=C\C/C=C\C/C=C\C/C=C\CCCCCC(=O)OCC(O)COP(=O)(O)OCC(NC(=O)CCCC/C=C\C/C=C\C/C=C\C/C=C\CC)C(=O)O. The van der Waals surface area contributed by atoms with Crippen LogP contribution in [0.15, 0.2) is 109 Å². The summed E-state index contributed by atoms with van der Waals surface area (Å²) in [6, 6.07) is -1.58. The number of unbranched alkanes of at least 4 members (excludes halogenated alkanes) is 5. The molecule has 4 N–H and O–H groups in total. The molecule has 326 valence electrons. The maximum atomic E-state index is 12.3. The number of amides is 1. The fourth-order valence-electron chi connectivity index (χ4n) is 4.86. The van der Waals surface area contributed by atoms with E-state index >= 15 is 0 Å². The van der Waals surface area contributed by atoms with Crippen molar-refractivity contribution in [2.24, 2.45) is 0 Å². The van der Waals surface area contributed by atoms with Gasteiger partial charge in [-0.2, -0.15) is 0 Å². The van der Waals surface area contributed by atoms with Crippen LogP contribution in [0.1, 0.15) is 129 Å². The molecule has 58 heavy (non-hydrogen) atoms. The fourth-order valence-corrected chi connectivity index (χ4v) is 5.63. The van der Waals surface area contributed by atoms with Gasteiger partial charge in [0.2, 0.25) is 5.91 Å². The molecule has 0 aromatic heterocycles. The molecular formula is C46H72NO10P. The van der Waals surface area contributed by atoms with Gasteiger partial charge < -0.3 is 25.2 Å². The molecule has 0 saturated heterocycles. The zero-order valence-electron chi connectivity index (χ0n) is 35.0. The van der Waals surface area contributed by atoms with E-state index in [1.54, 1.807) is 0 Å². The molecule has 11 nitrogen and oxygen atoms in total. The lowest BCUT2D eigenvalue weighted by Gasteiger charge is -2.18. The number of carboxylic acid groups (broad SMARTS) is 1. The molecule has 0 spiro atoms. The molecule has 12 heteroatoms. The number of rotatable bonds is 37. The highest BCUT2D eigenvalue weighted by Crippen LogP contribution is 2.43. The summed E-state index contributed by atoms with van der Waals surface area (Å²) >= 11 is 0. The van der Waals surface area contributed by atoms with E-state index in [0.29, 0.717) is 12.8 Å². The Balaban J connectivity index is 4.05. The van der Waals surface area contributed by atoms with Crippen LogP contribution in [0.3, 0.4) is 0 Å². The first-order valence-electron chi connectivity index (χ1n) is 20.9. The van der Waals surface area contributed by atoms with Crippen LogP contribution in [-0.2, 0) is 32.7 Å². The molecule has 0 aliphatic carbocycles. The van der Waals surface area contributed by atoms with Crippen LogP contribution in [0.5, 0.6) is 0 Å². The topological polar surface area (TPSA) is 169 Å². The normalized spacial score (nSPS) is 14.8. The Kier molecular flexibility index (Phi) is 37.3. The second kappa shape index (κ2) is 39.9. The Morgan fingerprint density at radius 2 is 0.948 bits per heavy atom. The van der Waals surface area contributed by atoms with Gasteiger partial charge in [0.25, 0.3) is 0 Å². The molecule has 0 aliphatic heterocycles. The van der Waals surface area contributed by atoms with E-state index in [9.17, 15) is 34.1 Å². The molecule has 0 aliphatic rings. The Hall–Kier alpha value is -3.86. The quantitative estimate of drug-likeness (QED) is 0.0205. The van der Waals surface area contributed by atoms with Crippen LogP contribution in [0, 0.1) is 0 Å². The van der Waals surface area contributed by atoms with Crippen molar-refractivity contribution in [3.63, 3.8) is 0 Å². The van der Waals surface area contributed by atoms with Crippen LogP contribution in [-0.4, -0.2) is 64.9 Å². The summed E-state index contributed by atoms with van der Waals surface area (Å²) < 4.78 is 26.8. The third kappa shape index (κ3) is 39.0. The molecule has 3 unspecified atom stereocenters. The van der Waals surface area contributed by atoms with E-state index < -0.39 is 57.6 Å². The maximum Gasteiger partial charge on any atom is 0.472 e. The van der Waals surface area contributed by atoms with Gasteiger partial charge in [-0.25, -0.2) is 9.36 Å². The van der Waals surface area contributed by atoms with Gasteiger partial charge in [-0.1, -0.05) is 130 Å². The summed E-state index contributed by atoms with van der Waals surface area (Å²) in [5, 5.41) is 21.8. The number of aliphatic carboxylic acids is 1. The number of carbonyl (C=O) groups excluding carboxylic acids is 2. The standard InChI is InChI=1S/C46H72NO10P/c1-3-5-7-9-11-13-15-17-19-20-21-22-24-26-28-30-32-34-36-38-45(50)55-39-42(48)40-56-58(53,54)57-41-43(46(51)52)47-44(49)37-35-33-31-29-27-25-23-18-16-14-12-10-8-6-4-2/h5-8,11-14,17-19,21-23,26-29,42-43,48H,3-4,9-10,15-16,20,24-25,30-41H2,1-2H3,(H,47,49)(H,51,52)(H,53,54)/b7-5-,8-6-,13-11-,14-12-,19-17-,22-21-,23-18-,28-26-,29-27-. The number of hydrogen-bond acceptors (Lipinski definition) is 8. The zero-order valence-corrected chi connectivity index (χ0v) is 35.9. The number of ether oxygens (including phenoxy) is 1. The van der Waals surface area contributed by atoms with Crippen molar-refractivity contribution in [2.75, 3.05) is 19.8 Å². The monoisotopic (exact) mass is 829 g/mol. The van der Waals surface area contributed by atoms with E-state index in [1.807, 2.05) is 6.08 Å². The molecule has 3 atom stereocenters. The smallest absolute Gasteiger partial charge is 0.472 e. The number of hydrogen-bond donors (Lipinski definition) is 4. The summed E-state index contributed by atoms with van der Waals surface area (Å²) in [5.41, 5.74) is 0. The summed E-state index contributed by atoms with van der Waals surface area (Å²) in [6.07, 6.45) is 51.2. The minimum Gasteiger partial charge on any atom is -0.480 e. The van der Waals surface area contributed by atoms with E-state index in [-0.39, 0.29) is 12.8 Å². The molecular weight excluding hydrogens is 757 g/mol. The van der Waals surface area contributed by atoms with Crippen LogP contribution in [0.4, 0.5) is 0 Å². The first-order valence-corrected chi connectivity index (χ1v) is 22.4. The Bertz CT molecular complexity index is 1390. The third-order valence-corrected chi connectivity index (χ3v) is 9.01. The van der Waals surface area contributed by atoms with E-state index in [1.165, 1.54) is 0 Å². The van der Waals surface area contributed by atoms with E-state index in [0.717, 1.165) is 89.9 Å². The van der Waals surface area contributed by atoms with E-state index in [4.69, 9.17) is 13.8 Å². The number of carbonyl (C=O) groups is 3. The predicted octanol–water partition coefficient (Wildman–Crippen LogP) is 10.7. The van der Waals surface area contributed by atoms with Crippen LogP contribution in [0.2, 0.25) is 0 Å². The highest BCUT2D eigenvalue weighted by molar-refractivity contribution is 7.47. The molecule has 0 heterocycles. The second-order valence-electron chi connectivity index (χ2n) is 13.4. The fraction of sp³-hybridized carbons (Fsp3) is 0.543. The first-order chi connectivity index (χ1) is 28.1. The number of allylic oxidation sites excluding steroid dienone is 18. The summed E-state index contributed by atoms with van der Waals surface area (Å²) in [6.45, 7) is 2.26. The molecule has 0 aromatic carbocycles. The number of nitrogens with one attached hydrogen (secondary N) is 1. The number of esters is 1. The van der Waals surface area contributed by atoms with Gasteiger partial charge in [0.05, 0.1) is 13.2 Å². The number of aliphatic hydroxyl groups excluding tert-OH is 1. The van der Waals surface area contributed by atoms with Crippen LogP contribution in [0.25, 0.3) is 0 Å². The molecule has 0 bridgehead atoms. The van der Waals surface area contributed by atoms with Crippen molar-refractivity contribution in [3.05, 3.63) is 109 Å². The van der Waals surface area contributed by atoms with Crippen molar-refractivity contribution in [2.45, 2.75) is 142 Å². The van der Waals surface area contributed by atoms with Gasteiger partial charge in [0, 0.05) is 12.8 Å². The molecule has 0 fully saturated rings. The number of aliphatic hydroxyl groups is 1. The van der Waals surface area contributed by atoms with Crippen molar-refractivity contribution >= 4 is 25.7 Å². The summed E-state index contributed by atoms with van der Waals surface area (Å²) in [4.78, 5) is 45.8. The van der Waals surface area contributed by atoms with Crippen molar-refractivity contribution in [1.29, 1.82) is 0 Å². The minimum absolute atomic E-state index is 0.0839. The molecule has 0 aromatic rings. The van der Waals surface area contributed by atoms with E-state index in [2.05, 4.69) is 122 Å². The number of carboxylic acids is 1. The largest absolute Gasteiger partial charge is 0.480 e. The van der Waals surface area contributed by atoms with Gasteiger partial charge in [-0.05, 0) is 96.3 Å². The number of phosphoric ester groups is 1. The first kappa shape index (κ1) is 54.1. The van der Waals surface area contributed by atoms with Crippen LogP contribution >= 0.6 is 7.82 Å². The molecule has 0 saturated carbocycles. The highest BCUT2D eigenvalue weighted by Gasteiger charge is 2.28. The van der Waals surface area contributed by atoms with Gasteiger partial charge in [-0.3, -0.25) is 18.6 Å². The highest BCUT2D eigenvalue weighted by atomic mass is 31.2. The predicted molar refractivity (Wildman–Crippen MR) is 235 cm³/mol. The summed E-state index contributed by atoms with van der Waals surface area (Å²) in [5.74, 6) is -2.49. The van der Waals surface area contributed by atoms with Gasteiger partial charge in [0.1, 0.15) is 12.7 Å². The zero-order chi connectivity index (χ0) is 42.8. The third-order valence-electron chi connectivity index (χ3n) is 8.06. The van der Waals surface area contributed by atoms with Crippen molar-refractivity contribution < 1.29 is 47.8 Å². The average molecular weight is 830 g/mol. The van der Waals surface area contributed by atoms with Gasteiger partial charge in [-0.15, -0.1) is 0 Å². The van der Waals surface area contributed by atoms with Gasteiger partial charge >= 0.3 is 19.8 Å². The molecule has 1 amide bonds. The van der Waals surface area contributed by atoms with Gasteiger partial charge in [0.15, 0.2) is 6.04 Å². The minimum atomic E-state index is -4.78. The second-order valence-corrected chi connectivity index (χ2v) is 14.9. The van der Waals surface area contributed by atoms with Crippen molar-refractivity contribution in [1.82, 2.24) is 5.32 Å². The summed E-state index contributed by atoms with van der Waals surface area (Å²) in [7, 11) is -4.78.